The molecule has 3 aromatic heterocycles. The van der Waals surface area contributed by atoms with Crippen molar-refractivity contribution in [2.75, 3.05) is 0 Å². The van der Waals surface area contributed by atoms with Crippen molar-refractivity contribution in [2.24, 2.45) is 0 Å². The van der Waals surface area contributed by atoms with Gasteiger partial charge in [0.1, 0.15) is 0 Å². The van der Waals surface area contributed by atoms with Gasteiger partial charge in [-0.2, -0.15) is 0 Å². The van der Waals surface area contributed by atoms with Crippen molar-refractivity contribution >= 4 is 53.3 Å². The summed E-state index contributed by atoms with van der Waals surface area (Å²) in [6.45, 7) is 0. The molecule has 318 valence electrons. The molecule has 0 aliphatic heterocycles. The van der Waals surface area contributed by atoms with Gasteiger partial charge in [-0.1, -0.05) is 194 Å². The Bertz CT molecular complexity index is 3880. The third-order valence-electron chi connectivity index (χ3n) is 13.0. The Morgan fingerprint density at radius 3 is 1.28 bits per heavy atom. The molecule has 10 aromatic carbocycles. The summed E-state index contributed by atoms with van der Waals surface area (Å²) in [5, 5.41) is 4.97. The molecular weight excluding hydrogens is 845 g/mol. The molecule has 13 rings (SSSR count). The van der Waals surface area contributed by atoms with Gasteiger partial charge in [-0.25, -0.2) is 15.0 Å². The number of benzene rings is 10. The van der Waals surface area contributed by atoms with Gasteiger partial charge in [-0.3, -0.25) is 0 Å². The maximum Gasteiger partial charge on any atom is 0.164 e. The second-order valence-corrected chi connectivity index (χ2v) is 18.2. The monoisotopic (exact) mass is 884 g/mol. The van der Waals surface area contributed by atoms with E-state index < -0.39 is 0 Å². The largest absolute Gasteiger partial charge is 0.307 e. The van der Waals surface area contributed by atoms with E-state index in [-0.39, 0.29) is 0 Å². The van der Waals surface area contributed by atoms with Crippen LogP contribution in [0.2, 0.25) is 0 Å². The summed E-state index contributed by atoms with van der Waals surface area (Å²) < 4.78 is 5.08. The second kappa shape index (κ2) is 16.6. The molecule has 0 N–H and O–H groups in total. The van der Waals surface area contributed by atoms with Crippen LogP contribution in [0.15, 0.2) is 243 Å². The predicted octanol–water partition coefficient (Wildman–Crippen LogP) is 17.0. The first-order valence-electron chi connectivity index (χ1n) is 22.9. The van der Waals surface area contributed by atoms with Crippen LogP contribution in [0.5, 0.6) is 0 Å². The minimum absolute atomic E-state index is 0.592. The Kier molecular flexibility index (Phi) is 9.66. The average molecular weight is 885 g/mol. The lowest BCUT2D eigenvalue weighted by molar-refractivity contribution is 1.07. The van der Waals surface area contributed by atoms with Gasteiger partial charge in [0, 0.05) is 58.8 Å². The highest BCUT2D eigenvalue weighted by atomic mass is 32.1. The molecule has 3 heterocycles. The lowest BCUT2D eigenvalue weighted by atomic mass is 9.92. The molecule has 0 unspecified atom stereocenters. The van der Waals surface area contributed by atoms with Crippen molar-refractivity contribution < 1.29 is 0 Å². The molecule has 5 heteroatoms. The maximum atomic E-state index is 5.47. The second-order valence-electron chi connectivity index (χ2n) is 17.1. The summed E-state index contributed by atoms with van der Waals surface area (Å²) in [4.78, 5) is 16.1. The Labute approximate surface area is 397 Å². The van der Waals surface area contributed by atoms with E-state index in [4.69, 9.17) is 15.0 Å². The topological polar surface area (TPSA) is 43.6 Å². The minimum atomic E-state index is 0.592. The van der Waals surface area contributed by atoms with Crippen molar-refractivity contribution in [3.63, 3.8) is 0 Å². The summed E-state index contributed by atoms with van der Waals surface area (Å²) in [5.41, 5.74) is 14.9. The van der Waals surface area contributed by atoms with Gasteiger partial charge >= 0.3 is 0 Å². The molecule has 0 bridgehead atoms. The Morgan fingerprint density at radius 2 is 0.721 bits per heavy atom. The van der Waals surface area contributed by atoms with Gasteiger partial charge in [-0.05, 0) is 81.9 Å². The van der Waals surface area contributed by atoms with Crippen LogP contribution in [0.25, 0.3) is 126 Å². The van der Waals surface area contributed by atoms with E-state index >= 15 is 0 Å². The van der Waals surface area contributed by atoms with Crippen LogP contribution in [0.3, 0.4) is 0 Å². The van der Waals surface area contributed by atoms with Crippen LogP contribution >= 0.6 is 11.3 Å². The maximum absolute atomic E-state index is 5.47. The summed E-state index contributed by atoms with van der Waals surface area (Å²) in [6, 6.07) is 86.4. The van der Waals surface area contributed by atoms with Gasteiger partial charge in [0.15, 0.2) is 17.5 Å². The molecular formula is C63H40N4S. The number of rotatable bonds is 8. The number of thiophene rings is 1. The van der Waals surface area contributed by atoms with Crippen molar-refractivity contribution in [1.29, 1.82) is 0 Å². The molecule has 0 spiro atoms. The molecule has 0 aliphatic rings. The number of nitrogens with zero attached hydrogens (tertiary/aromatic N) is 4. The first-order chi connectivity index (χ1) is 33.7. The quantitative estimate of drug-likeness (QED) is 0.153. The van der Waals surface area contributed by atoms with Crippen LogP contribution in [0, 0.1) is 0 Å². The third kappa shape index (κ3) is 6.88. The smallest absolute Gasteiger partial charge is 0.164 e. The lowest BCUT2D eigenvalue weighted by Crippen LogP contribution is -2.04. The fraction of sp³-hybridized carbons (Fsp3) is 0. The van der Waals surface area contributed by atoms with Crippen LogP contribution in [-0.4, -0.2) is 19.5 Å². The van der Waals surface area contributed by atoms with E-state index in [1.807, 2.05) is 29.5 Å². The van der Waals surface area contributed by atoms with Crippen molar-refractivity contribution in [3.05, 3.63) is 243 Å². The van der Waals surface area contributed by atoms with Crippen LogP contribution < -0.4 is 0 Å². The molecule has 0 saturated heterocycles. The summed E-state index contributed by atoms with van der Waals surface area (Å²) >= 11 is 1.85. The third-order valence-corrected chi connectivity index (χ3v) is 14.1. The molecule has 0 fully saturated rings. The SMILES string of the molecule is c1ccc(-c2cc(-c3ccccc3)cc(-c3nc(-c4ccccc4)nc(-c4cc(-c5ccccc5)c(-n5c6ccccc6c6ccc7sc8ccccc8c7c65)c(-c5ccccc5)c4)n3)c2)cc1. The van der Waals surface area contributed by atoms with Gasteiger partial charge in [0.25, 0.3) is 0 Å². The lowest BCUT2D eigenvalue weighted by Gasteiger charge is -2.21. The zero-order valence-electron chi connectivity index (χ0n) is 36.8. The zero-order chi connectivity index (χ0) is 45.0. The Balaban J connectivity index is 1.13. The van der Waals surface area contributed by atoms with Crippen LogP contribution in [0.1, 0.15) is 0 Å². The molecule has 13 aromatic rings. The molecule has 0 radical (unpaired) electrons. The molecule has 0 aliphatic carbocycles. The van der Waals surface area contributed by atoms with E-state index in [0.29, 0.717) is 17.5 Å². The molecule has 4 nitrogen and oxygen atoms in total. The fourth-order valence-electron chi connectivity index (χ4n) is 9.88. The fourth-order valence-corrected chi connectivity index (χ4v) is 11.0. The van der Waals surface area contributed by atoms with E-state index in [1.165, 1.54) is 36.5 Å². The first kappa shape index (κ1) is 39.6. The minimum Gasteiger partial charge on any atom is -0.307 e. The van der Waals surface area contributed by atoms with Crippen molar-refractivity contribution in [1.82, 2.24) is 19.5 Å². The van der Waals surface area contributed by atoms with Gasteiger partial charge in [-0.15, -0.1) is 11.3 Å². The molecule has 0 atom stereocenters. The van der Waals surface area contributed by atoms with Crippen LogP contribution in [0.4, 0.5) is 0 Å². The van der Waals surface area contributed by atoms with E-state index in [2.05, 4.69) is 229 Å². The normalized spacial score (nSPS) is 11.5. The number of para-hydroxylation sites is 1. The highest BCUT2D eigenvalue weighted by Gasteiger charge is 2.25. The van der Waals surface area contributed by atoms with E-state index in [0.717, 1.165) is 72.4 Å². The number of aromatic nitrogens is 4. The van der Waals surface area contributed by atoms with Gasteiger partial charge in [0.2, 0.25) is 0 Å². The number of fused-ring (bicyclic) bond motifs is 7. The number of hydrogen-bond acceptors (Lipinski definition) is 4. The van der Waals surface area contributed by atoms with E-state index in [9.17, 15) is 0 Å². The average Bonchev–Trinajstić information content (AvgIpc) is 3.97. The summed E-state index contributed by atoms with van der Waals surface area (Å²) in [7, 11) is 0. The predicted molar refractivity (Wildman–Crippen MR) is 285 cm³/mol. The van der Waals surface area contributed by atoms with Crippen molar-refractivity contribution in [2.45, 2.75) is 0 Å². The zero-order valence-corrected chi connectivity index (χ0v) is 37.6. The highest BCUT2D eigenvalue weighted by Crippen LogP contribution is 2.47. The summed E-state index contributed by atoms with van der Waals surface area (Å²) in [5.74, 6) is 1.80. The summed E-state index contributed by atoms with van der Waals surface area (Å²) in [6.07, 6.45) is 0. The first-order valence-corrected chi connectivity index (χ1v) is 23.7. The van der Waals surface area contributed by atoms with E-state index in [1.54, 1.807) is 0 Å². The Morgan fingerprint density at radius 1 is 0.294 bits per heavy atom. The van der Waals surface area contributed by atoms with Gasteiger partial charge < -0.3 is 4.57 Å². The number of hydrogen-bond donors (Lipinski definition) is 0. The van der Waals surface area contributed by atoms with Gasteiger partial charge in [0.05, 0.1) is 16.7 Å². The highest BCUT2D eigenvalue weighted by molar-refractivity contribution is 7.26. The molecule has 0 saturated carbocycles. The Hall–Kier alpha value is -8.77. The van der Waals surface area contributed by atoms with Crippen LogP contribution in [-0.2, 0) is 0 Å². The standard InChI is InChI=1S/C63H40N4S/c1-6-20-41(21-7-1)46-36-47(42-22-8-2-9-23-42)38-48(37-46)62-64-61(45-28-14-5-15-29-45)65-63(66-62)49-39-53(43-24-10-3-11-25-43)59(54(40-49)44-26-12-4-13-27-44)67-55-32-18-16-30-50(55)51-34-35-57-58(60(51)67)52-31-17-19-33-56(52)68-57/h1-40H. The molecule has 0 amide bonds. The van der Waals surface area contributed by atoms with Crippen molar-refractivity contribution in [3.8, 4) is 84.4 Å². The molecule has 68 heavy (non-hydrogen) atoms.